The van der Waals surface area contributed by atoms with Crippen molar-refractivity contribution in [3.8, 4) is 5.75 Å². The van der Waals surface area contributed by atoms with Gasteiger partial charge < -0.3 is 4.74 Å². The van der Waals surface area contributed by atoms with E-state index in [1.54, 1.807) is 7.11 Å². The maximum atomic E-state index is 5.49. The summed E-state index contributed by atoms with van der Waals surface area (Å²) in [7, 11) is 1.69. The molecular formula is C25H19N3O. The standard InChI is InChI=1S/C25H19N3O/c1-29-24-15-14-17(18-8-2-3-9-19(18)24)16-26-28-25-20-10-4-6-12-22(20)27-23-13-7-5-11-21(23)25/h2-16H,1H3,(H,27,28)/b26-16+. The molecule has 29 heavy (non-hydrogen) atoms. The van der Waals surface area contributed by atoms with Crippen LogP contribution in [0.1, 0.15) is 5.56 Å². The van der Waals surface area contributed by atoms with Gasteiger partial charge in [0, 0.05) is 21.7 Å². The largest absolute Gasteiger partial charge is 0.496 e. The molecule has 0 fully saturated rings. The van der Waals surface area contributed by atoms with Crippen molar-refractivity contribution in [1.82, 2.24) is 4.98 Å². The minimum absolute atomic E-state index is 0.858. The number of aromatic nitrogens is 1. The molecule has 0 amide bonds. The number of nitrogens with one attached hydrogen (secondary N) is 1. The highest BCUT2D eigenvalue weighted by atomic mass is 16.5. The van der Waals surface area contributed by atoms with Crippen molar-refractivity contribution in [2.75, 3.05) is 12.5 Å². The quantitative estimate of drug-likeness (QED) is 0.237. The molecule has 0 bridgehead atoms. The molecule has 5 aromatic rings. The van der Waals surface area contributed by atoms with Crippen molar-refractivity contribution in [3.05, 3.63) is 90.5 Å². The minimum Gasteiger partial charge on any atom is -0.496 e. The number of rotatable bonds is 4. The van der Waals surface area contributed by atoms with Gasteiger partial charge >= 0.3 is 0 Å². The normalized spacial score (nSPS) is 11.5. The van der Waals surface area contributed by atoms with Gasteiger partial charge in [-0.3, -0.25) is 5.43 Å². The molecule has 0 unspecified atom stereocenters. The lowest BCUT2D eigenvalue weighted by Crippen LogP contribution is -1.96. The second kappa shape index (κ2) is 7.24. The van der Waals surface area contributed by atoms with Crippen molar-refractivity contribution >= 4 is 44.5 Å². The molecule has 5 rings (SSSR count). The Hall–Kier alpha value is -3.92. The lowest BCUT2D eigenvalue weighted by Gasteiger charge is -2.10. The summed E-state index contributed by atoms with van der Waals surface area (Å²) in [5, 5.41) is 8.83. The SMILES string of the molecule is COc1ccc(/C=N/Nc2c3ccccc3nc3ccccc23)c2ccccc12. The summed E-state index contributed by atoms with van der Waals surface area (Å²) in [5.41, 5.74) is 7.14. The third-order valence-corrected chi connectivity index (χ3v) is 5.11. The van der Waals surface area contributed by atoms with Gasteiger partial charge in [-0.15, -0.1) is 0 Å². The highest BCUT2D eigenvalue weighted by Crippen LogP contribution is 2.31. The fourth-order valence-electron chi connectivity index (χ4n) is 3.71. The zero-order valence-corrected chi connectivity index (χ0v) is 16.0. The first-order valence-corrected chi connectivity index (χ1v) is 9.47. The monoisotopic (exact) mass is 377 g/mol. The molecule has 0 atom stereocenters. The van der Waals surface area contributed by atoms with E-state index in [1.807, 2.05) is 66.9 Å². The molecule has 140 valence electrons. The molecule has 0 aliphatic rings. The Kier molecular flexibility index (Phi) is 4.30. The van der Waals surface area contributed by atoms with Crippen LogP contribution in [0, 0.1) is 0 Å². The summed E-state index contributed by atoms with van der Waals surface area (Å²) >= 11 is 0. The summed E-state index contributed by atoms with van der Waals surface area (Å²) in [4.78, 5) is 4.76. The first kappa shape index (κ1) is 17.2. The molecule has 0 radical (unpaired) electrons. The summed E-state index contributed by atoms with van der Waals surface area (Å²) in [6.07, 6.45) is 1.85. The van der Waals surface area contributed by atoms with Crippen molar-refractivity contribution in [2.24, 2.45) is 5.10 Å². The highest BCUT2D eigenvalue weighted by Gasteiger charge is 2.08. The Balaban J connectivity index is 1.59. The zero-order chi connectivity index (χ0) is 19.6. The molecule has 4 heteroatoms. The fourth-order valence-corrected chi connectivity index (χ4v) is 3.71. The average molecular weight is 377 g/mol. The lowest BCUT2D eigenvalue weighted by molar-refractivity contribution is 0.420. The topological polar surface area (TPSA) is 46.5 Å². The minimum atomic E-state index is 0.858. The number of hydrogen-bond acceptors (Lipinski definition) is 4. The van der Waals surface area contributed by atoms with E-state index in [0.717, 1.165) is 49.6 Å². The van der Waals surface area contributed by atoms with Gasteiger partial charge in [0.15, 0.2) is 0 Å². The number of benzene rings is 4. The summed E-state index contributed by atoms with van der Waals surface area (Å²) < 4.78 is 5.49. The van der Waals surface area contributed by atoms with Gasteiger partial charge in [0.1, 0.15) is 5.75 Å². The summed E-state index contributed by atoms with van der Waals surface area (Å²) in [5.74, 6) is 0.858. The van der Waals surface area contributed by atoms with E-state index >= 15 is 0 Å². The van der Waals surface area contributed by atoms with E-state index in [-0.39, 0.29) is 0 Å². The Morgan fingerprint density at radius 3 is 1.97 bits per heavy atom. The first-order valence-electron chi connectivity index (χ1n) is 9.47. The maximum Gasteiger partial charge on any atom is 0.126 e. The van der Waals surface area contributed by atoms with Crippen LogP contribution in [-0.4, -0.2) is 18.3 Å². The van der Waals surface area contributed by atoms with E-state index in [2.05, 4.69) is 34.8 Å². The van der Waals surface area contributed by atoms with Gasteiger partial charge in [-0.2, -0.15) is 5.10 Å². The number of pyridine rings is 1. The van der Waals surface area contributed by atoms with E-state index in [0.29, 0.717) is 0 Å². The van der Waals surface area contributed by atoms with Crippen molar-refractivity contribution in [2.45, 2.75) is 0 Å². The van der Waals surface area contributed by atoms with Gasteiger partial charge in [0.25, 0.3) is 0 Å². The van der Waals surface area contributed by atoms with Crippen LogP contribution in [0.15, 0.2) is 90.0 Å². The molecule has 0 saturated carbocycles. The first-order chi connectivity index (χ1) is 14.3. The predicted octanol–water partition coefficient (Wildman–Crippen LogP) is 6.00. The van der Waals surface area contributed by atoms with Gasteiger partial charge in [0.05, 0.1) is 30.0 Å². The van der Waals surface area contributed by atoms with Crippen LogP contribution < -0.4 is 10.2 Å². The number of anilines is 1. The molecule has 0 spiro atoms. The molecule has 4 nitrogen and oxygen atoms in total. The zero-order valence-electron chi connectivity index (χ0n) is 16.0. The van der Waals surface area contributed by atoms with Crippen molar-refractivity contribution < 1.29 is 4.74 Å². The molecule has 0 aliphatic carbocycles. The number of para-hydroxylation sites is 2. The molecule has 1 heterocycles. The van der Waals surface area contributed by atoms with Crippen molar-refractivity contribution in [3.63, 3.8) is 0 Å². The molecule has 4 aromatic carbocycles. The van der Waals surface area contributed by atoms with Crippen LogP contribution in [0.5, 0.6) is 5.75 Å². The third kappa shape index (κ3) is 3.05. The Bertz CT molecular complexity index is 1320. The second-order valence-electron chi connectivity index (χ2n) is 6.79. The Morgan fingerprint density at radius 1 is 0.724 bits per heavy atom. The maximum absolute atomic E-state index is 5.49. The highest BCUT2D eigenvalue weighted by molar-refractivity contribution is 6.08. The van der Waals surface area contributed by atoms with Crippen LogP contribution in [0.2, 0.25) is 0 Å². The van der Waals surface area contributed by atoms with Gasteiger partial charge in [0.2, 0.25) is 0 Å². The molecule has 0 saturated heterocycles. The molecule has 1 aromatic heterocycles. The van der Waals surface area contributed by atoms with E-state index in [9.17, 15) is 0 Å². The third-order valence-electron chi connectivity index (χ3n) is 5.11. The van der Waals surface area contributed by atoms with Crippen LogP contribution in [0.3, 0.4) is 0 Å². The van der Waals surface area contributed by atoms with Crippen LogP contribution >= 0.6 is 0 Å². The Morgan fingerprint density at radius 2 is 1.31 bits per heavy atom. The van der Waals surface area contributed by atoms with Gasteiger partial charge in [-0.25, -0.2) is 4.98 Å². The number of hydrogen-bond donors (Lipinski definition) is 1. The number of ether oxygens (including phenoxy) is 1. The van der Waals surface area contributed by atoms with Crippen molar-refractivity contribution in [1.29, 1.82) is 0 Å². The summed E-state index contributed by atoms with van der Waals surface area (Å²) in [6, 6.07) is 28.4. The van der Waals surface area contributed by atoms with Crippen LogP contribution in [-0.2, 0) is 0 Å². The van der Waals surface area contributed by atoms with E-state index in [4.69, 9.17) is 9.72 Å². The van der Waals surface area contributed by atoms with Gasteiger partial charge in [-0.05, 0) is 29.7 Å². The number of nitrogens with zero attached hydrogens (tertiary/aromatic N) is 2. The van der Waals surface area contributed by atoms with E-state index < -0.39 is 0 Å². The Labute approximate surface area is 168 Å². The van der Waals surface area contributed by atoms with E-state index in [1.165, 1.54) is 0 Å². The fraction of sp³-hybridized carbons (Fsp3) is 0.0400. The van der Waals surface area contributed by atoms with Crippen LogP contribution in [0.4, 0.5) is 5.69 Å². The second-order valence-corrected chi connectivity index (χ2v) is 6.79. The lowest BCUT2D eigenvalue weighted by atomic mass is 10.0. The predicted molar refractivity (Wildman–Crippen MR) is 121 cm³/mol. The molecule has 0 aliphatic heterocycles. The number of fused-ring (bicyclic) bond motifs is 3. The smallest absolute Gasteiger partial charge is 0.126 e. The summed E-state index contributed by atoms with van der Waals surface area (Å²) in [6.45, 7) is 0. The van der Waals surface area contributed by atoms with Crippen LogP contribution in [0.25, 0.3) is 32.6 Å². The number of methoxy groups -OCH3 is 1. The van der Waals surface area contributed by atoms with Gasteiger partial charge in [-0.1, -0.05) is 60.7 Å². The average Bonchev–Trinajstić information content (AvgIpc) is 2.78. The number of hydrazone groups is 1. The molecular weight excluding hydrogens is 358 g/mol. The molecule has 1 N–H and O–H groups in total.